The van der Waals surface area contributed by atoms with Gasteiger partial charge < -0.3 is 4.90 Å². The van der Waals surface area contributed by atoms with Crippen molar-refractivity contribution in [2.24, 2.45) is 0 Å². The van der Waals surface area contributed by atoms with E-state index >= 15 is 0 Å². The van der Waals surface area contributed by atoms with Gasteiger partial charge in [-0.15, -0.1) is 11.6 Å². The molecule has 0 atom stereocenters. The van der Waals surface area contributed by atoms with Crippen LogP contribution in [0.15, 0.2) is 12.1 Å². The van der Waals surface area contributed by atoms with Gasteiger partial charge in [0.05, 0.1) is 5.69 Å². The molecule has 1 aliphatic heterocycles. The van der Waals surface area contributed by atoms with Gasteiger partial charge in [0.1, 0.15) is 11.7 Å². The highest BCUT2D eigenvalue weighted by Gasteiger charge is 2.25. The highest BCUT2D eigenvalue weighted by atomic mass is 35.5. The van der Waals surface area contributed by atoms with Gasteiger partial charge in [0.15, 0.2) is 0 Å². The van der Waals surface area contributed by atoms with E-state index in [1.165, 1.54) is 11.0 Å². The third kappa shape index (κ3) is 1.80. The molecule has 0 N–H and O–H groups in total. The van der Waals surface area contributed by atoms with Crippen molar-refractivity contribution in [3.05, 3.63) is 29.1 Å². The van der Waals surface area contributed by atoms with E-state index in [0.29, 0.717) is 12.2 Å². The molecule has 2 nitrogen and oxygen atoms in total. The summed E-state index contributed by atoms with van der Waals surface area (Å²) in [5.74, 6) is -0.668. The number of aryl methyl sites for hydroxylation is 1. The van der Waals surface area contributed by atoms with Crippen molar-refractivity contribution in [3.8, 4) is 0 Å². The number of hydrogen-bond donors (Lipinski definition) is 0. The second-order valence-electron chi connectivity index (χ2n) is 3.97. The molecule has 0 aliphatic carbocycles. The first-order chi connectivity index (χ1) is 7.65. The second kappa shape index (κ2) is 4.42. The second-order valence-corrected chi connectivity index (χ2v) is 4.24. The van der Waals surface area contributed by atoms with Crippen molar-refractivity contribution in [2.45, 2.75) is 19.8 Å². The molecule has 86 valence electrons. The highest BCUT2D eigenvalue weighted by Crippen LogP contribution is 2.32. The molecule has 0 saturated heterocycles. The largest absolute Gasteiger partial charge is 0.308 e. The molecule has 1 heterocycles. The van der Waals surface area contributed by atoms with E-state index in [0.717, 1.165) is 24.0 Å². The van der Waals surface area contributed by atoms with E-state index in [1.807, 2.05) is 6.92 Å². The molecule has 2 rings (SSSR count). The Kier molecular flexibility index (Phi) is 3.15. The van der Waals surface area contributed by atoms with Crippen LogP contribution in [0.5, 0.6) is 0 Å². The molecular formula is C12H13ClFNO. The monoisotopic (exact) mass is 241 g/mol. The standard InChI is InChI=1S/C12H13ClFNO/c1-8-4-5-10(14)12-9(8)3-2-6-15(12)11(16)7-13/h4-5H,2-3,6-7H2,1H3. The number of hydrogen-bond acceptors (Lipinski definition) is 1. The number of alkyl halides is 1. The van der Waals surface area contributed by atoms with Crippen LogP contribution in [0.1, 0.15) is 17.5 Å². The number of carbonyl (C=O) groups is 1. The third-order valence-corrected chi connectivity index (χ3v) is 3.19. The Morgan fingerprint density at radius 1 is 1.56 bits per heavy atom. The number of nitrogens with zero attached hydrogens (tertiary/aromatic N) is 1. The van der Waals surface area contributed by atoms with Gasteiger partial charge in [0.25, 0.3) is 0 Å². The Hall–Kier alpha value is -1.09. The van der Waals surface area contributed by atoms with E-state index in [2.05, 4.69) is 0 Å². The summed E-state index contributed by atoms with van der Waals surface area (Å²) in [5.41, 5.74) is 2.39. The number of anilines is 1. The molecule has 0 saturated carbocycles. The van der Waals surface area contributed by atoms with Crippen LogP contribution >= 0.6 is 11.6 Å². The van der Waals surface area contributed by atoms with Gasteiger partial charge >= 0.3 is 0 Å². The Balaban J connectivity index is 2.53. The normalized spacial score (nSPS) is 14.8. The number of amides is 1. The van der Waals surface area contributed by atoms with Crippen LogP contribution in [-0.4, -0.2) is 18.3 Å². The predicted molar refractivity (Wildman–Crippen MR) is 62.5 cm³/mol. The number of carbonyl (C=O) groups excluding carboxylic acids is 1. The zero-order valence-corrected chi connectivity index (χ0v) is 9.85. The van der Waals surface area contributed by atoms with Crippen molar-refractivity contribution in [1.82, 2.24) is 0 Å². The fourth-order valence-electron chi connectivity index (χ4n) is 2.16. The molecule has 16 heavy (non-hydrogen) atoms. The number of halogens is 2. The predicted octanol–water partition coefficient (Wildman–Crippen LogP) is 2.65. The third-order valence-electron chi connectivity index (χ3n) is 2.96. The molecular weight excluding hydrogens is 229 g/mol. The van der Waals surface area contributed by atoms with E-state index in [1.54, 1.807) is 6.07 Å². The van der Waals surface area contributed by atoms with Gasteiger partial charge in [-0.25, -0.2) is 4.39 Å². The molecule has 0 bridgehead atoms. The zero-order chi connectivity index (χ0) is 11.7. The first-order valence-corrected chi connectivity index (χ1v) is 5.83. The minimum Gasteiger partial charge on any atom is -0.308 e. The van der Waals surface area contributed by atoms with E-state index in [4.69, 9.17) is 11.6 Å². The number of benzene rings is 1. The molecule has 1 aromatic rings. The lowest BCUT2D eigenvalue weighted by Gasteiger charge is -2.30. The molecule has 0 fully saturated rings. The van der Waals surface area contributed by atoms with Crippen molar-refractivity contribution < 1.29 is 9.18 Å². The van der Waals surface area contributed by atoms with Gasteiger partial charge in [-0.3, -0.25) is 4.79 Å². The van der Waals surface area contributed by atoms with E-state index in [9.17, 15) is 9.18 Å². The summed E-state index contributed by atoms with van der Waals surface area (Å²) >= 11 is 5.53. The molecule has 1 aliphatic rings. The lowest BCUT2D eigenvalue weighted by molar-refractivity contribution is -0.116. The zero-order valence-electron chi connectivity index (χ0n) is 9.09. The van der Waals surface area contributed by atoms with E-state index < -0.39 is 0 Å². The maximum absolute atomic E-state index is 13.8. The average molecular weight is 242 g/mol. The van der Waals surface area contributed by atoms with Gasteiger partial charge in [-0.2, -0.15) is 0 Å². The summed E-state index contributed by atoms with van der Waals surface area (Å²) < 4.78 is 13.8. The van der Waals surface area contributed by atoms with Crippen LogP contribution in [0.3, 0.4) is 0 Å². The average Bonchev–Trinajstić information content (AvgIpc) is 2.32. The first-order valence-electron chi connectivity index (χ1n) is 5.29. The summed E-state index contributed by atoms with van der Waals surface area (Å²) in [7, 11) is 0. The number of fused-ring (bicyclic) bond motifs is 1. The molecule has 1 aromatic carbocycles. The maximum atomic E-state index is 13.8. The summed E-state index contributed by atoms with van der Waals surface area (Å²) in [6.07, 6.45) is 1.69. The van der Waals surface area contributed by atoms with Crippen LogP contribution in [0.2, 0.25) is 0 Å². The van der Waals surface area contributed by atoms with Gasteiger partial charge in [0.2, 0.25) is 5.91 Å². The smallest absolute Gasteiger partial charge is 0.241 e. The van der Waals surface area contributed by atoms with Gasteiger partial charge in [0, 0.05) is 6.54 Å². The van der Waals surface area contributed by atoms with Gasteiger partial charge in [-0.05, 0) is 37.0 Å². The van der Waals surface area contributed by atoms with Crippen molar-refractivity contribution >= 4 is 23.2 Å². The van der Waals surface area contributed by atoms with Crippen LogP contribution in [-0.2, 0) is 11.2 Å². The Bertz CT molecular complexity index is 433. The fraction of sp³-hybridized carbons (Fsp3) is 0.417. The molecule has 0 aromatic heterocycles. The van der Waals surface area contributed by atoms with Crippen LogP contribution in [0, 0.1) is 12.7 Å². The molecule has 4 heteroatoms. The van der Waals surface area contributed by atoms with Gasteiger partial charge in [-0.1, -0.05) is 6.07 Å². The van der Waals surface area contributed by atoms with Crippen LogP contribution in [0.4, 0.5) is 10.1 Å². The maximum Gasteiger partial charge on any atom is 0.241 e. The lowest BCUT2D eigenvalue weighted by atomic mass is 9.96. The van der Waals surface area contributed by atoms with Crippen LogP contribution in [0.25, 0.3) is 0 Å². The topological polar surface area (TPSA) is 20.3 Å². The minimum absolute atomic E-state index is 0.104. The van der Waals surface area contributed by atoms with Crippen LogP contribution < -0.4 is 4.90 Å². The Labute approximate surface area is 99.0 Å². The molecule has 1 amide bonds. The lowest BCUT2D eigenvalue weighted by Crippen LogP contribution is -2.37. The minimum atomic E-state index is -0.334. The SMILES string of the molecule is Cc1ccc(F)c2c1CCCN2C(=O)CCl. The molecule has 0 radical (unpaired) electrons. The van der Waals surface area contributed by atoms with Crippen molar-refractivity contribution in [3.63, 3.8) is 0 Å². The van der Waals surface area contributed by atoms with Crippen molar-refractivity contribution in [2.75, 3.05) is 17.3 Å². The van der Waals surface area contributed by atoms with E-state index in [-0.39, 0.29) is 17.6 Å². The quantitative estimate of drug-likeness (QED) is 0.693. The summed E-state index contributed by atoms with van der Waals surface area (Å²) in [6.45, 7) is 2.49. The van der Waals surface area contributed by atoms with Crippen molar-refractivity contribution in [1.29, 1.82) is 0 Å². The summed E-state index contributed by atoms with van der Waals surface area (Å²) in [6, 6.07) is 3.16. The summed E-state index contributed by atoms with van der Waals surface area (Å²) in [5, 5.41) is 0. The first kappa shape index (κ1) is 11.4. The Morgan fingerprint density at radius 3 is 3.00 bits per heavy atom. The highest BCUT2D eigenvalue weighted by molar-refractivity contribution is 6.29. The Morgan fingerprint density at radius 2 is 2.31 bits per heavy atom. The number of rotatable bonds is 1. The summed E-state index contributed by atoms with van der Waals surface area (Å²) in [4.78, 5) is 13.1. The fourth-order valence-corrected chi connectivity index (χ4v) is 2.31. The molecule has 0 unspecified atom stereocenters. The molecule has 0 spiro atoms.